The van der Waals surface area contributed by atoms with Crippen LogP contribution in [0.1, 0.15) is 35.8 Å². The Morgan fingerprint density at radius 2 is 1.97 bits per heavy atom. The van der Waals surface area contributed by atoms with Crippen LogP contribution in [-0.4, -0.2) is 67.4 Å². The number of H-pyrrole nitrogens is 1. The topological polar surface area (TPSA) is 112 Å². The zero-order valence-corrected chi connectivity index (χ0v) is 19.8. The molecule has 1 saturated heterocycles. The van der Waals surface area contributed by atoms with Gasteiger partial charge in [-0.15, -0.1) is 0 Å². The van der Waals surface area contributed by atoms with E-state index in [1.165, 1.54) is 0 Å². The smallest absolute Gasteiger partial charge is 0.219 e. The molecule has 2 atom stereocenters. The molecule has 5 heterocycles. The summed E-state index contributed by atoms with van der Waals surface area (Å²) in [5.74, 6) is 1.33. The number of rotatable bonds is 1. The van der Waals surface area contributed by atoms with Gasteiger partial charge in [-0.2, -0.15) is 15.3 Å². The molecule has 1 aromatic carbocycles. The Morgan fingerprint density at radius 3 is 2.83 bits per heavy atom. The molecular formula is C25H28N6O4. The summed E-state index contributed by atoms with van der Waals surface area (Å²) in [5.41, 5.74) is 5.38. The maximum atomic E-state index is 10.6. The second kappa shape index (κ2) is 8.86. The Balaban J connectivity index is 1.46. The number of nitrogens with zero attached hydrogens (tertiary/aromatic N) is 5. The van der Waals surface area contributed by atoms with E-state index in [0.29, 0.717) is 51.0 Å². The fraction of sp³-hybridized carbons (Fsp3) is 0.400. The van der Waals surface area contributed by atoms with Gasteiger partial charge < -0.3 is 19.3 Å². The molecule has 10 heteroatoms. The molecule has 0 spiro atoms. The van der Waals surface area contributed by atoms with Gasteiger partial charge in [0, 0.05) is 25.5 Å². The van der Waals surface area contributed by atoms with Crippen molar-refractivity contribution in [2.75, 3.05) is 26.4 Å². The molecule has 6 rings (SSSR count). The minimum Gasteiger partial charge on any atom is -0.477 e. The van der Waals surface area contributed by atoms with Crippen LogP contribution < -0.4 is 9.47 Å². The van der Waals surface area contributed by atoms with Crippen molar-refractivity contribution in [3.8, 4) is 22.9 Å². The van der Waals surface area contributed by atoms with Gasteiger partial charge in [0.2, 0.25) is 11.8 Å². The van der Waals surface area contributed by atoms with Gasteiger partial charge in [0.25, 0.3) is 0 Å². The Bertz CT molecular complexity index is 1400. The molecule has 0 amide bonds. The predicted molar refractivity (Wildman–Crippen MR) is 130 cm³/mol. The van der Waals surface area contributed by atoms with Crippen LogP contribution in [0, 0.1) is 6.92 Å². The zero-order valence-electron chi connectivity index (χ0n) is 19.8. The fourth-order valence-electron chi connectivity index (χ4n) is 4.73. The minimum atomic E-state index is -0.544. The van der Waals surface area contributed by atoms with Crippen LogP contribution in [-0.2, 0) is 11.8 Å². The highest BCUT2D eigenvalue weighted by Crippen LogP contribution is 2.34. The molecular weight excluding hydrogens is 448 g/mol. The highest BCUT2D eigenvalue weighted by molar-refractivity contribution is 5.93. The second-order valence-corrected chi connectivity index (χ2v) is 8.99. The van der Waals surface area contributed by atoms with Gasteiger partial charge in [-0.3, -0.25) is 5.10 Å². The maximum absolute atomic E-state index is 10.6. The Kier molecular flexibility index (Phi) is 5.54. The lowest BCUT2D eigenvalue weighted by molar-refractivity contribution is -0.0357. The largest absolute Gasteiger partial charge is 0.477 e. The number of aromatic amines is 1. The first-order chi connectivity index (χ1) is 17.1. The summed E-state index contributed by atoms with van der Waals surface area (Å²) in [6, 6.07) is 5.83. The van der Waals surface area contributed by atoms with Crippen molar-refractivity contribution in [1.29, 1.82) is 0 Å². The number of aromatic nitrogens is 6. The first kappa shape index (κ1) is 21.9. The molecule has 2 bridgehead atoms. The molecule has 3 aromatic heterocycles. The standard InChI is InChI=1S/C25H28N6O4/c1-15-17-5-7-21-18-12-16(4-6-20(18)27-28-21)19-13-26-30(2)24(19)34-9-3-10-35-25(17)31(29-15)22-14-33-11-8-23(22)32/h4-7,12-13,22-23,32H,3,8-11,14H2,1-2H3,(H,27,28)/b7-5+/t22?,23-/m0/s1. The highest BCUT2D eigenvalue weighted by atomic mass is 16.5. The lowest BCUT2D eigenvalue weighted by Gasteiger charge is -2.29. The van der Waals surface area contributed by atoms with Gasteiger partial charge in [-0.25, -0.2) is 9.36 Å². The molecule has 4 aromatic rings. The number of fused-ring (bicyclic) bond motifs is 4. The molecule has 10 nitrogen and oxygen atoms in total. The number of benzene rings is 1. The first-order valence-electron chi connectivity index (χ1n) is 11.9. The van der Waals surface area contributed by atoms with Crippen LogP contribution in [0.25, 0.3) is 34.2 Å². The Morgan fingerprint density at radius 1 is 1.11 bits per heavy atom. The predicted octanol–water partition coefficient (Wildman–Crippen LogP) is 3.12. The van der Waals surface area contributed by atoms with E-state index in [4.69, 9.17) is 19.3 Å². The number of aryl methyl sites for hydroxylation is 2. The molecule has 0 saturated carbocycles. The lowest BCUT2D eigenvalue weighted by Crippen LogP contribution is -2.35. The number of nitrogens with one attached hydrogen (secondary N) is 1. The van der Waals surface area contributed by atoms with Crippen molar-refractivity contribution >= 4 is 23.1 Å². The molecule has 1 fully saturated rings. The Labute approximate surface area is 202 Å². The zero-order chi connectivity index (χ0) is 23.9. The summed E-state index contributed by atoms with van der Waals surface area (Å²) in [4.78, 5) is 0. The third kappa shape index (κ3) is 3.88. The Hall–Kier alpha value is -3.63. The summed E-state index contributed by atoms with van der Waals surface area (Å²) in [6.07, 6.45) is 6.51. The normalized spacial score (nSPS) is 21.5. The monoisotopic (exact) mass is 476 g/mol. The average molecular weight is 477 g/mol. The SMILES string of the molecule is Cc1nn(C2COCC[C@@H]2O)c2c1/C=C/c1[nH]nc3ccc(cc13)-c1cnn(C)c1OCCCO2. The van der Waals surface area contributed by atoms with Crippen LogP contribution >= 0.6 is 0 Å². The minimum absolute atomic E-state index is 0.300. The second-order valence-electron chi connectivity index (χ2n) is 8.99. The van der Waals surface area contributed by atoms with E-state index in [0.717, 1.165) is 39.0 Å². The molecule has 2 aliphatic heterocycles. The summed E-state index contributed by atoms with van der Waals surface area (Å²) >= 11 is 0. The van der Waals surface area contributed by atoms with Crippen LogP contribution in [0.15, 0.2) is 24.4 Å². The van der Waals surface area contributed by atoms with Gasteiger partial charge in [0.15, 0.2) is 0 Å². The molecule has 35 heavy (non-hydrogen) atoms. The third-order valence-corrected chi connectivity index (χ3v) is 6.65. The summed E-state index contributed by atoms with van der Waals surface area (Å²) in [7, 11) is 1.87. The van der Waals surface area contributed by atoms with Gasteiger partial charge in [-0.05, 0) is 43.2 Å². The van der Waals surface area contributed by atoms with Gasteiger partial charge in [0.05, 0.1) is 60.2 Å². The van der Waals surface area contributed by atoms with Crippen molar-refractivity contribution in [3.05, 3.63) is 41.3 Å². The first-order valence-corrected chi connectivity index (χ1v) is 11.9. The van der Waals surface area contributed by atoms with E-state index >= 15 is 0 Å². The number of hydrogen-bond acceptors (Lipinski definition) is 7. The molecule has 0 aliphatic carbocycles. The summed E-state index contributed by atoms with van der Waals surface area (Å²) < 4.78 is 21.6. The van der Waals surface area contributed by atoms with E-state index < -0.39 is 6.10 Å². The molecule has 1 unspecified atom stereocenters. The number of ether oxygens (including phenoxy) is 3. The van der Waals surface area contributed by atoms with E-state index in [1.54, 1.807) is 9.36 Å². The summed E-state index contributed by atoms with van der Waals surface area (Å²) in [6.45, 7) is 3.79. The van der Waals surface area contributed by atoms with Crippen molar-refractivity contribution in [2.24, 2.45) is 7.05 Å². The summed E-state index contributed by atoms with van der Waals surface area (Å²) in [5, 5.41) is 28.4. The molecule has 2 N–H and O–H groups in total. The van der Waals surface area contributed by atoms with Crippen LogP contribution in [0.5, 0.6) is 11.8 Å². The van der Waals surface area contributed by atoms with E-state index in [2.05, 4.69) is 21.4 Å². The third-order valence-electron chi connectivity index (χ3n) is 6.65. The number of aliphatic hydroxyl groups excluding tert-OH is 1. The highest BCUT2D eigenvalue weighted by Gasteiger charge is 2.30. The van der Waals surface area contributed by atoms with Gasteiger partial charge >= 0.3 is 0 Å². The lowest BCUT2D eigenvalue weighted by atomic mass is 10.1. The maximum Gasteiger partial charge on any atom is 0.219 e. The van der Waals surface area contributed by atoms with E-state index in [1.807, 2.05) is 44.5 Å². The van der Waals surface area contributed by atoms with E-state index in [-0.39, 0.29) is 6.04 Å². The van der Waals surface area contributed by atoms with Gasteiger partial charge in [0.1, 0.15) is 6.04 Å². The molecule has 2 aliphatic rings. The van der Waals surface area contributed by atoms with Crippen molar-refractivity contribution in [3.63, 3.8) is 0 Å². The van der Waals surface area contributed by atoms with Crippen LogP contribution in [0.4, 0.5) is 0 Å². The van der Waals surface area contributed by atoms with Gasteiger partial charge in [-0.1, -0.05) is 6.07 Å². The fourth-order valence-corrected chi connectivity index (χ4v) is 4.73. The van der Waals surface area contributed by atoms with Crippen molar-refractivity contribution in [2.45, 2.75) is 31.9 Å². The van der Waals surface area contributed by atoms with Crippen LogP contribution in [0.2, 0.25) is 0 Å². The van der Waals surface area contributed by atoms with Crippen molar-refractivity contribution in [1.82, 2.24) is 29.8 Å². The van der Waals surface area contributed by atoms with E-state index in [9.17, 15) is 5.11 Å². The number of aliphatic hydroxyl groups is 1. The van der Waals surface area contributed by atoms with Crippen LogP contribution in [0.3, 0.4) is 0 Å². The van der Waals surface area contributed by atoms with Crippen molar-refractivity contribution < 1.29 is 19.3 Å². The molecule has 0 radical (unpaired) electrons. The molecule has 182 valence electrons. The average Bonchev–Trinajstić information content (AvgIpc) is 3.52. The quantitative estimate of drug-likeness (QED) is 0.434. The number of hydrogen-bond donors (Lipinski definition) is 2.